The molecule has 0 unspecified atom stereocenters. The number of aromatic nitrogens is 2. The zero-order chi connectivity index (χ0) is 25.8. The van der Waals surface area contributed by atoms with Gasteiger partial charge in [0.15, 0.2) is 0 Å². The number of carbonyl (C=O) groups is 1. The Balaban J connectivity index is 1.64. The first-order chi connectivity index (χ1) is 17.1. The average Bonchev–Trinajstić information content (AvgIpc) is 3.13. The average molecular weight is 526 g/mol. The van der Waals surface area contributed by atoms with Crippen LogP contribution in [0.3, 0.4) is 0 Å². The van der Waals surface area contributed by atoms with Crippen molar-refractivity contribution < 1.29 is 13.9 Å². The van der Waals surface area contributed by atoms with Crippen LogP contribution in [0.25, 0.3) is 16.8 Å². The zero-order valence-corrected chi connectivity index (χ0v) is 22.0. The topological polar surface area (TPSA) is 55.6 Å². The molecule has 1 amide bonds. The van der Waals surface area contributed by atoms with Gasteiger partial charge in [-0.05, 0) is 47.7 Å². The molecule has 2 aromatic heterocycles. The number of rotatable bonds is 3. The highest BCUT2D eigenvalue weighted by Gasteiger charge is 2.30. The van der Waals surface area contributed by atoms with Crippen LogP contribution < -0.4 is 10.1 Å². The Labute approximate surface area is 219 Å². The standard InChI is InChI=1S/C28H26Cl2FN3O2/c1-15-11-22-25(28(2,3)4)18(27(35)33-21-9-10-36-23-8-6-5-7-17(21)23)14-32-34(22)26(15)24-19(29)12-16(31)13-20(24)30/h5-8,11-14,21H,9-10H2,1-4H3,(H,33,35)/t21-/m0/s1. The van der Waals surface area contributed by atoms with E-state index in [1.807, 2.05) is 37.3 Å². The molecule has 5 nitrogen and oxygen atoms in total. The van der Waals surface area contributed by atoms with Crippen molar-refractivity contribution in [3.05, 3.63) is 86.8 Å². The molecule has 0 bridgehead atoms. The van der Waals surface area contributed by atoms with Crippen molar-refractivity contribution in [2.24, 2.45) is 0 Å². The van der Waals surface area contributed by atoms with Crippen LogP contribution >= 0.6 is 23.2 Å². The molecule has 1 atom stereocenters. The Morgan fingerprint density at radius 2 is 1.86 bits per heavy atom. The van der Waals surface area contributed by atoms with E-state index in [-0.39, 0.29) is 27.4 Å². The summed E-state index contributed by atoms with van der Waals surface area (Å²) in [7, 11) is 0. The van der Waals surface area contributed by atoms with E-state index in [4.69, 9.17) is 27.9 Å². The van der Waals surface area contributed by atoms with E-state index in [1.165, 1.54) is 12.1 Å². The number of carbonyl (C=O) groups excluding carboxylic acids is 1. The molecule has 0 saturated heterocycles. The second-order valence-electron chi connectivity index (χ2n) is 10.1. The number of para-hydroxylation sites is 1. The van der Waals surface area contributed by atoms with Crippen LogP contribution in [-0.4, -0.2) is 22.1 Å². The van der Waals surface area contributed by atoms with Crippen LogP contribution in [0.2, 0.25) is 10.0 Å². The van der Waals surface area contributed by atoms with Gasteiger partial charge in [-0.3, -0.25) is 4.79 Å². The van der Waals surface area contributed by atoms with Gasteiger partial charge in [-0.1, -0.05) is 62.2 Å². The summed E-state index contributed by atoms with van der Waals surface area (Å²) in [4.78, 5) is 13.7. The first-order valence-corrected chi connectivity index (χ1v) is 12.5. The predicted octanol–water partition coefficient (Wildman–Crippen LogP) is 7.31. The first-order valence-electron chi connectivity index (χ1n) is 11.8. The molecule has 186 valence electrons. The van der Waals surface area contributed by atoms with Crippen LogP contribution in [0.1, 0.15) is 60.3 Å². The highest BCUT2D eigenvalue weighted by Crippen LogP contribution is 2.41. The van der Waals surface area contributed by atoms with Crippen LogP contribution in [0.4, 0.5) is 4.39 Å². The quantitative estimate of drug-likeness (QED) is 0.305. The lowest BCUT2D eigenvalue weighted by molar-refractivity contribution is 0.0922. The van der Waals surface area contributed by atoms with Crippen molar-refractivity contribution in [3.8, 4) is 17.0 Å². The van der Waals surface area contributed by atoms with Gasteiger partial charge in [-0.25, -0.2) is 8.91 Å². The summed E-state index contributed by atoms with van der Waals surface area (Å²) in [6, 6.07) is 12.0. The highest BCUT2D eigenvalue weighted by atomic mass is 35.5. The maximum atomic E-state index is 13.9. The largest absolute Gasteiger partial charge is 0.493 e. The van der Waals surface area contributed by atoms with Crippen molar-refractivity contribution in [1.82, 2.24) is 14.9 Å². The summed E-state index contributed by atoms with van der Waals surface area (Å²) in [6.45, 7) is 8.63. The van der Waals surface area contributed by atoms with E-state index in [0.717, 1.165) is 28.0 Å². The van der Waals surface area contributed by atoms with Gasteiger partial charge in [-0.2, -0.15) is 5.10 Å². The van der Waals surface area contributed by atoms with Gasteiger partial charge in [0.1, 0.15) is 11.6 Å². The lowest BCUT2D eigenvalue weighted by atomic mass is 9.83. The maximum absolute atomic E-state index is 13.9. The Kier molecular flexibility index (Phi) is 6.21. The second kappa shape index (κ2) is 9.09. The predicted molar refractivity (Wildman–Crippen MR) is 141 cm³/mol. The number of hydrogen-bond donors (Lipinski definition) is 1. The van der Waals surface area contributed by atoms with E-state index in [1.54, 1.807) is 10.7 Å². The minimum absolute atomic E-state index is 0.160. The molecule has 0 aliphatic carbocycles. The second-order valence-corrected chi connectivity index (χ2v) is 10.9. The number of hydrogen-bond acceptors (Lipinski definition) is 3. The molecule has 2 aromatic carbocycles. The van der Waals surface area contributed by atoms with Gasteiger partial charge in [0, 0.05) is 17.5 Å². The summed E-state index contributed by atoms with van der Waals surface area (Å²) in [5.74, 6) is 0.0812. The summed E-state index contributed by atoms with van der Waals surface area (Å²) in [5.41, 5.74) is 4.72. The summed E-state index contributed by atoms with van der Waals surface area (Å²) in [5, 5.41) is 8.22. The van der Waals surface area contributed by atoms with Crippen molar-refractivity contribution in [2.75, 3.05) is 6.61 Å². The fourth-order valence-electron chi connectivity index (χ4n) is 5.00. The molecule has 0 fully saturated rings. The first kappa shape index (κ1) is 24.6. The lowest BCUT2D eigenvalue weighted by Crippen LogP contribution is -2.34. The number of benzene rings is 2. The number of ether oxygens (including phenoxy) is 1. The molecular weight excluding hydrogens is 500 g/mol. The number of nitrogens with zero attached hydrogens (tertiary/aromatic N) is 2. The van der Waals surface area contributed by atoms with E-state index in [0.29, 0.717) is 29.8 Å². The minimum Gasteiger partial charge on any atom is -0.493 e. The molecule has 5 rings (SSSR count). The molecule has 1 N–H and O–H groups in total. The molecule has 0 radical (unpaired) electrons. The van der Waals surface area contributed by atoms with Gasteiger partial charge < -0.3 is 10.1 Å². The summed E-state index contributed by atoms with van der Waals surface area (Å²) >= 11 is 12.8. The number of aryl methyl sites for hydroxylation is 1. The minimum atomic E-state index is -0.510. The molecule has 36 heavy (non-hydrogen) atoms. The number of amides is 1. The van der Waals surface area contributed by atoms with E-state index in [9.17, 15) is 9.18 Å². The normalized spacial score (nSPS) is 15.5. The molecule has 1 aliphatic heterocycles. The number of fused-ring (bicyclic) bond motifs is 2. The third kappa shape index (κ3) is 4.22. The maximum Gasteiger partial charge on any atom is 0.253 e. The van der Waals surface area contributed by atoms with Gasteiger partial charge in [0.25, 0.3) is 5.91 Å². The molecule has 8 heteroatoms. The molecule has 0 spiro atoms. The molecule has 3 heterocycles. The molecule has 0 saturated carbocycles. The van der Waals surface area contributed by atoms with E-state index in [2.05, 4.69) is 31.2 Å². The zero-order valence-electron chi connectivity index (χ0n) is 20.5. The SMILES string of the molecule is Cc1cc2c(C(C)(C)C)c(C(=O)N[C@H]3CCOc4ccccc43)cnn2c1-c1c(Cl)cc(F)cc1Cl. The van der Waals surface area contributed by atoms with Crippen LogP contribution in [-0.2, 0) is 5.41 Å². The summed E-state index contributed by atoms with van der Waals surface area (Å²) in [6.07, 6.45) is 2.27. The third-order valence-corrected chi connectivity index (χ3v) is 7.09. The Hall–Kier alpha value is -3.09. The van der Waals surface area contributed by atoms with Crippen LogP contribution in [0.5, 0.6) is 5.75 Å². The van der Waals surface area contributed by atoms with Gasteiger partial charge in [0.05, 0.1) is 45.7 Å². The van der Waals surface area contributed by atoms with Crippen LogP contribution in [0.15, 0.2) is 48.7 Å². The smallest absolute Gasteiger partial charge is 0.253 e. The fraction of sp³-hybridized carbons (Fsp3) is 0.286. The molecular formula is C28H26Cl2FN3O2. The third-order valence-electron chi connectivity index (χ3n) is 6.50. The molecule has 1 aliphatic rings. The van der Waals surface area contributed by atoms with Crippen molar-refractivity contribution in [3.63, 3.8) is 0 Å². The lowest BCUT2D eigenvalue weighted by Gasteiger charge is -2.28. The van der Waals surface area contributed by atoms with Gasteiger partial charge in [-0.15, -0.1) is 0 Å². The number of nitrogens with one attached hydrogen (secondary N) is 1. The van der Waals surface area contributed by atoms with Crippen LogP contribution in [0, 0.1) is 12.7 Å². The monoisotopic (exact) mass is 525 g/mol. The Morgan fingerprint density at radius 1 is 1.17 bits per heavy atom. The van der Waals surface area contributed by atoms with Gasteiger partial charge >= 0.3 is 0 Å². The van der Waals surface area contributed by atoms with Crippen molar-refractivity contribution in [1.29, 1.82) is 0 Å². The van der Waals surface area contributed by atoms with Crippen molar-refractivity contribution >= 4 is 34.6 Å². The van der Waals surface area contributed by atoms with E-state index < -0.39 is 5.82 Å². The Morgan fingerprint density at radius 3 is 2.56 bits per heavy atom. The Bertz CT molecular complexity index is 1480. The highest BCUT2D eigenvalue weighted by molar-refractivity contribution is 6.39. The summed E-state index contributed by atoms with van der Waals surface area (Å²) < 4.78 is 21.4. The number of halogens is 3. The molecule has 4 aromatic rings. The van der Waals surface area contributed by atoms with E-state index >= 15 is 0 Å². The van der Waals surface area contributed by atoms with Crippen molar-refractivity contribution in [2.45, 2.75) is 45.6 Å². The fourth-order valence-corrected chi connectivity index (χ4v) is 5.64. The van der Waals surface area contributed by atoms with Gasteiger partial charge in [0.2, 0.25) is 0 Å².